The quantitative estimate of drug-likeness (QED) is 0.532. The van der Waals surface area contributed by atoms with Crippen molar-refractivity contribution in [1.82, 2.24) is 24.7 Å². The second-order valence-electron chi connectivity index (χ2n) is 7.67. The molecule has 0 radical (unpaired) electrons. The largest absolute Gasteiger partial charge is 0.387 e. The standard InChI is InChI=1S/C21H24FN7O2/c1-4-18(30)16-5-11(2)17(8-23-16)26-20-13(9-29(3)28-20)15-7-19(25-10-24-15)27-21(31)12-6-14(12)22/h5,7-10,12,14,18,30H,4,6H2,1-3H3,(H,26,28)(H,24,25,27,31)/t12-,14+,18?/m0/s1. The van der Waals surface area contributed by atoms with Gasteiger partial charge in [0.25, 0.3) is 0 Å². The van der Waals surface area contributed by atoms with Gasteiger partial charge in [-0.3, -0.25) is 14.5 Å². The molecule has 0 saturated heterocycles. The third-order valence-electron chi connectivity index (χ3n) is 5.19. The van der Waals surface area contributed by atoms with E-state index in [-0.39, 0.29) is 12.3 Å². The molecule has 3 heterocycles. The number of aryl methyl sites for hydroxylation is 2. The molecule has 1 saturated carbocycles. The summed E-state index contributed by atoms with van der Waals surface area (Å²) in [6, 6.07) is 3.47. The third-order valence-corrected chi connectivity index (χ3v) is 5.19. The molecule has 162 valence electrons. The first-order valence-electron chi connectivity index (χ1n) is 10.1. The number of nitrogens with zero attached hydrogens (tertiary/aromatic N) is 5. The van der Waals surface area contributed by atoms with Crippen molar-refractivity contribution in [3.8, 4) is 11.3 Å². The number of aliphatic hydroxyl groups is 1. The molecule has 0 bridgehead atoms. The molecular formula is C21H24FN7O2. The van der Waals surface area contributed by atoms with Crippen LogP contribution in [0.15, 0.2) is 30.9 Å². The third kappa shape index (κ3) is 4.53. The van der Waals surface area contributed by atoms with Crippen LogP contribution in [0, 0.1) is 12.8 Å². The van der Waals surface area contributed by atoms with Crippen molar-refractivity contribution in [3.05, 3.63) is 42.1 Å². The molecular weight excluding hydrogens is 401 g/mol. The van der Waals surface area contributed by atoms with E-state index >= 15 is 0 Å². The number of pyridine rings is 1. The topological polar surface area (TPSA) is 118 Å². The molecule has 3 atom stereocenters. The first kappa shape index (κ1) is 20.9. The minimum atomic E-state index is -1.07. The Morgan fingerprint density at radius 3 is 2.81 bits per heavy atom. The molecule has 1 aliphatic rings. The highest BCUT2D eigenvalue weighted by atomic mass is 19.1. The molecule has 1 amide bonds. The van der Waals surface area contributed by atoms with E-state index in [0.717, 1.165) is 11.3 Å². The van der Waals surface area contributed by atoms with Crippen molar-refractivity contribution in [2.45, 2.75) is 39.0 Å². The molecule has 10 heteroatoms. The number of aliphatic hydroxyl groups excluding tert-OH is 1. The van der Waals surface area contributed by atoms with Gasteiger partial charge in [0.05, 0.1) is 40.9 Å². The lowest BCUT2D eigenvalue weighted by Crippen LogP contribution is -2.16. The average Bonchev–Trinajstić information content (AvgIpc) is 3.38. The maximum atomic E-state index is 13.1. The zero-order valence-electron chi connectivity index (χ0n) is 17.5. The van der Waals surface area contributed by atoms with E-state index in [4.69, 9.17) is 0 Å². The Morgan fingerprint density at radius 2 is 2.13 bits per heavy atom. The number of carbonyl (C=O) groups is 1. The van der Waals surface area contributed by atoms with Crippen LogP contribution < -0.4 is 10.6 Å². The van der Waals surface area contributed by atoms with Crippen LogP contribution in [0.5, 0.6) is 0 Å². The maximum absolute atomic E-state index is 13.1. The summed E-state index contributed by atoms with van der Waals surface area (Å²) in [5.74, 6) is -0.116. The van der Waals surface area contributed by atoms with Gasteiger partial charge in [-0.25, -0.2) is 14.4 Å². The molecule has 0 spiro atoms. The SMILES string of the molecule is CCC(O)c1cc(C)c(Nc2nn(C)cc2-c2cc(NC(=O)[C@H]3C[C@H]3F)ncn2)cn1. The zero-order valence-corrected chi connectivity index (χ0v) is 17.5. The van der Waals surface area contributed by atoms with E-state index in [9.17, 15) is 14.3 Å². The molecule has 0 aromatic carbocycles. The zero-order chi connectivity index (χ0) is 22.1. The van der Waals surface area contributed by atoms with Gasteiger partial charge in [-0.05, 0) is 31.4 Å². The number of aromatic nitrogens is 5. The number of rotatable bonds is 7. The highest BCUT2D eigenvalue weighted by molar-refractivity contribution is 5.94. The highest BCUT2D eigenvalue weighted by Crippen LogP contribution is 2.35. The minimum Gasteiger partial charge on any atom is -0.387 e. The normalized spacial score (nSPS) is 18.5. The van der Waals surface area contributed by atoms with Crippen molar-refractivity contribution < 1.29 is 14.3 Å². The van der Waals surface area contributed by atoms with Crippen molar-refractivity contribution in [2.75, 3.05) is 10.6 Å². The summed E-state index contributed by atoms with van der Waals surface area (Å²) in [4.78, 5) is 24.7. The van der Waals surface area contributed by atoms with E-state index < -0.39 is 18.2 Å². The molecule has 9 nitrogen and oxygen atoms in total. The number of hydrogen-bond acceptors (Lipinski definition) is 7. The second kappa shape index (κ2) is 8.38. The fraction of sp³-hybridized carbons (Fsp3) is 0.381. The highest BCUT2D eigenvalue weighted by Gasteiger charge is 2.43. The van der Waals surface area contributed by atoms with Gasteiger partial charge in [-0.1, -0.05) is 6.92 Å². The van der Waals surface area contributed by atoms with Crippen molar-refractivity contribution in [3.63, 3.8) is 0 Å². The van der Waals surface area contributed by atoms with E-state index in [1.165, 1.54) is 6.33 Å². The molecule has 0 aliphatic heterocycles. The molecule has 1 unspecified atom stereocenters. The summed E-state index contributed by atoms with van der Waals surface area (Å²) in [5, 5.41) is 20.4. The molecule has 1 fully saturated rings. The Bertz CT molecular complexity index is 1120. The molecule has 3 aromatic rings. The Hall–Kier alpha value is -3.40. The number of alkyl halides is 1. The number of halogens is 1. The van der Waals surface area contributed by atoms with Gasteiger partial charge in [0.2, 0.25) is 5.91 Å². The van der Waals surface area contributed by atoms with Gasteiger partial charge in [0.15, 0.2) is 5.82 Å². The number of amides is 1. The van der Waals surface area contributed by atoms with Gasteiger partial charge < -0.3 is 15.7 Å². The van der Waals surface area contributed by atoms with Gasteiger partial charge in [0, 0.05) is 19.3 Å². The number of carbonyl (C=O) groups excluding carboxylic acids is 1. The smallest absolute Gasteiger partial charge is 0.231 e. The van der Waals surface area contributed by atoms with E-state index in [1.54, 1.807) is 30.2 Å². The summed E-state index contributed by atoms with van der Waals surface area (Å²) in [6.45, 7) is 3.82. The van der Waals surface area contributed by atoms with Gasteiger partial charge in [-0.15, -0.1) is 0 Å². The molecule has 4 rings (SSSR count). The predicted molar refractivity (Wildman–Crippen MR) is 113 cm³/mol. The van der Waals surface area contributed by atoms with Crippen LogP contribution in [-0.2, 0) is 11.8 Å². The van der Waals surface area contributed by atoms with Crippen LogP contribution in [-0.4, -0.2) is 41.9 Å². The monoisotopic (exact) mass is 425 g/mol. The molecule has 31 heavy (non-hydrogen) atoms. The van der Waals surface area contributed by atoms with Crippen molar-refractivity contribution in [1.29, 1.82) is 0 Å². The number of anilines is 3. The second-order valence-corrected chi connectivity index (χ2v) is 7.67. The maximum Gasteiger partial charge on any atom is 0.231 e. The van der Waals surface area contributed by atoms with Crippen molar-refractivity contribution >= 4 is 23.2 Å². The molecule has 1 aliphatic carbocycles. The lowest BCUT2D eigenvalue weighted by molar-refractivity contribution is -0.117. The first-order valence-corrected chi connectivity index (χ1v) is 10.1. The van der Waals surface area contributed by atoms with Crippen LogP contribution in [0.2, 0.25) is 0 Å². The lowest BCUT2D eigenvalue weighted by Gasteiger charge is -2.12. The Balaban J connectivity index is 1.58. The summed E-state index contributed by atoms with van der Waals surface area (Å²) < 4.78 is 14.8. The van der Waals surface area contributed by atoms with Gasteiger partial charge in [0.1, 0.15) is 18.3 Å². The van der Waals surface area contributed by atoms with Gasteiger partial charge in [-0.2, -0.15) is 5.10 Å². The van der Waals surface area contributed by atoms with E-state index in [1.807, 2.05) is 19.9 Å². The van der Waals surface area contributed by atoms with Crippen LogP contribution >= 0.6 is 0 Å². The Kier molecular flexibility index (Phi) is 5.64. The summed E-state index contributed by atoms with van der Waals surface area (Å²) in [6.07, 6.45) is 3.97. The summed E-state index contributed by atoms with van der Waals surface area (Å²) >= 11 is 0. The molecule has 3 N–H and O–H groups in total. The van der Waals surface area contributed by atoms with E-state index in [0.29, 0.717) is 35.0 Å². The van der Waals surface area contributed by atoms with Crippen LogP contribution in [0.4, 0.5) is 21.7 Å². The minimum absolute atomic E-state index is 0.252. The number of hydrogen-bond donors (Lipinski definition) is 3. The lowest BCUT2D eigenvalue weighted by atomic mass is 10.1. The predicted octanol–water partition coefficient (Wildman–Crippen LogP) is 3.06. The first-order chi connectivity index (χ1) is 14.9. The average molecular weight is 425 g/mol. The van der Waals surface area contributed by atoms with E-state index in [2.05, 4.69) is 30.7 Å². The van der Waals surface area contributed by atoms with Crippen LogP contribution in [0.3, 0.4) is 0 Å². The Labute approximate surface area is 178 Å². The Morgan fingerprint density at radius 1 is 1.35 bits per heavy atom. The summed E-state index contributed by atoms with van der Waals surface area (Å²) in [7, 11) is 1.79. The van der Waals surface area contributed by atoms with Crippen molar-refractivity contribution in [2.24, 2.45) is 13.0 Å². The fourth-order valence-corrected chi connectivity index (χ4v) is 3.22. The van der Waals surface area contributed by atoms with Crippen LogP contribution in [0.25, 0.3) is 11.3 Å². The summed E-state index contributed by atoms with van der Waals surface area (Å²) in [5.41, 5.74) is 3.53. The van der Waals surface area contributed by atoms with Gasteiger partial charge >= 0.3 is 0 Å². The van der Waals surface area contributed by atoms with Crippen LogP contribution in [0.1, 0.15) is 37.1 Å². The number of nitrogens with one attached hydrogen (secondary N) is 2. The fourth-order valence-electron chi connectivity index (χ4n) is 3.22. The molecule has 3 aromatic heterocycles.